The quantitative estimate of drug-likeness (QED) is 0.843. The number of benzene rings is 1. The lowest BCUT2D eigenvalue weighted by Crippen LogP contribution is -2.41. The molecule has 1 amide bonds. The lowest BCUT2D eigenvalue weighted by Gasteiger charge is -2.19. The second kappa shape index (κ2) is 7.38. The van der Waals surface area contributed by atoms with Crippen LogP contribution in [0.2, 0.25) is 0 Å². The summed E-state index contributed by atoms with van der Waals surface area (Å²) in [5, 5.41) is 6.11. The van der Waals surface area contributed by atoms with Gasteiger partial charge in [-0.3, -0.25) is 4.79 Å². The van der Waals surface area contributed by atoms with Crippen molar-refractivity contribution in [3.63, 3.8) is 0 Å². The van der Waals surface area contributed by atoms with Crippen molar-refractivity contribution in [1.82, 2.24) is 5.32 Å². The average molecular weight is 329 g/mol. The Morgan fingerprint density at radius 1 is 1.42 bits per heavy atom. The summed E-state index contributed by atoms with van der Waals surface area (Å²) in [6.07, 6.45) is 0.915. The fourth-order valence-electron chi connectivity index (χ4n) is 1.56. The molecule has 0 fully saturated rings. The lowest BCUT2D eigenvalue weighted by atomic mass is 10.2. The third-order valence-electron chi connectivity index (χ3n) is 2.93. The first-order chi connectivity index (χ1) is 8.97. The van der Waals surface area contributed by atoms with Crippen LogP contribution in [0.5, 0.6) is 5.75 Å². The number of nitrogens with one attached hydrogen (secondary N) is 2. The van der Waals surface area contributed by atoms with Gasteiger partial charge in [0.15, 0.2) is 0 Å². The molecule has 0 bridgehead atoms. The van der Waals surface area contributed by atoms with Crippen LogP contribution in [0.3, 0.4) is 0 Å². The number of halogens is 1. The SMILES string of the molecule is CCC(C)NC(=O)C(C)Nc1cc(Br)ccc1OC. The Morgan fingerprint density at radius 3 is 2.68 bits per heavy atom. The molecular formula is C14H21BrN2O2. The lowest BCUT2D eigenvalue weighted by molar-refractivity contribution is -0.122. The monoisotopic (exact) mass is 328 g/mol. The fourth-order valence-corrected chi connectivity index (χ4v) is 1.92. The maximum absolute atomic E-state index is 12.0. The van der Waals surface area contributed by atoms with Crippen LogP contribution in [0.15, 0.2) is 22.7 Å². The van der Waals surface area contributed by atoms with Crippen molar-refractivity contribution in [1.29, 1.82) is 0 Å². The molecule has 2 atom stereocenters. The molecule has 0 heterocycles. The van der Waals surface area contributed by atoms with Crippen molar-refractivity contribution in [2.24, 2.45) is 0 Å². The molecule has 0 saturated carbocycles. The van der Waals surface area contributed by atoms with E-state index in [-0.39, 0.29) is 18.0 Å². The normalized spacial score (nSPS) is 13.5. The molecule has 0 aromatic heterocycles. The van der Waals surface area contributed by atoms with E-state index in [9.17, 15) is 4.79 Å². The molecule has 1 rings (SSSR count). The Hall–Kier alpha value is -1.23. The standard InChI is InChI=1S/C14H21BrN2O2/c1-5-9(2)16-14(18)10(3)17-12-8-11(15)6-7-13(12)19-4/h6-10,17H,5H2,1-4H3,(H,16,18). The van der Waals surface area contributed by atoms with Gasteiger partial charge in [-0.15, -0.1) is 0 Å². The van der Waals surface area contributed by atoms with Crippen molar-refractivity contribution in [3.05, 3.63) is 22.7 Å². The number of methoxy groups -OCH3 is 1. The highest BCUT2D eigenvalue weighted by Crippen LogP contribution is 2.28. The second-order valence-electron chi connectivity index (χ2n) is 4.53. The summed E-state index contributed by atoms with van der Waals surface area (Å²) < 4.78 is 6.20. The maximum Gasteiger partial charge on any atom is 0.242 e. The van der Waals surface area contributed by atoms with Crippen molar-refractivity contribution in [2.45, 2.75) is 39.3 Å². The van der Waals surface area contributed by atoms with Crippen LogP contribution in [0.1, 0.15) is 27.2 Å². The molecule has 1 aromatic rings. The van der Waals surface area contributed by atoms with Gasteiger partial charge in [0.2, 0.25) is 5.91 Å². The van der Waals surface area contributed by atoms with E-state index in [0.717, 1.165) is 16.6 Å². The van der Waals surface area contributed by atoms with E-state index in [2.05, 4.69) is 26.6 Å². The molecule has 4 nitrogen and oxygen atoms in total. The van der Waals surface area contributed by atoms with Gasteiger partial charge in [-0.25, -0.2) is 0 Å². The third-order valence-corrected chi connectivity index (χ3v) is 3.42. The van der Waals surface area contributed by atoms with Crippen molar-refractivity contribution < 1.29 is 9.53 Å². The number of ether oxygens (including phenoxy) is 1. The fraction of sp³-hybridized carbons (Fsp3) is 0.500. The molecule has 0 radical (unpaired) electrons. The largest absolute Gasteiger partial charge is 0.495 e. The first-order valence-electron chi connectivity index (χ1n) is 6.38. The van der Waals surface area contributed by atoms with Gasteiger partial charge in [0.1, 0.15) is 11.8 Å². The predicted octanol–water partition coefficient (Wildman–Crippen LogP) is 3.17. The van der Waals surface area contributed by atoms with Gasteiger partial charge in [-0.05, 0) is 38.5 Å². The van der Waals surface area contributed by atoms with E-state index in [1.807, 2.05) is 39.0 Å². The van der Waals surface area contributed by atoms with Crippen molar-refractivity contribution in [2.75, 3.05) is 12.4 Å². The highest BCUT2D eigenvalue weighted by atomic mass is 79.9. The van der Waals surface area contributed by atoms with Gasteiger partial charge in [-0.2, -0.15) is 0 Å². The van der Waals surface area contributed by atoms with Gasteiger partial charge in [-0.1, -0.05) is 22.9 Å². The first kappa shape index (κ1) is 15.8. The minimum Gasteiger partial charge on any atom is -0.495 e. The summed E-state index contributed by atoms with van der Waals surface area (Å²) in [6.45, 7) is 5.86. The minimum atomic E-state index is -0.322. The van der Waals surface area contributed by atoms with Gasteiger partial charge in [0.25, 0.3) is 0 Å². The molecule has 0 saturated heterocycles. The zero-order valence-corrected chi connectivity index (χ0v) is 13.4. The van der Waals surface area contributed by atoms with Crippen LogP contribution in [0.4, 0.5) is 5.69 Å². The summed E-state index contributed by atoms with van der Waals surface area (Å²) in [7, 11) is 1.61. The minimum absolute atomic E-state index is 0.0172. The van der Waals surface area contributed by atoms with Gasteiger partial charge < -0.3 is 15.4 Å². The van der Waals surface area contributed by atoms with Crippen LogP contribution < -0.4 is 15.4 Å². The second-order valence-corrected chi connectivity index (χ2v) is 5.44. The number of carbonyl (C=O) groups is 1. The van der Waals surface area contributed by atoms with Gasteiger partial charge in [0, 0.05) is 10.5 Å². The molecule has 0 spiro atoms. The Morgan fingerprint density at radius 2 is 2.11 bits per heavy atom. The van der Waals surface area contributed by atoms with E-state index in [0.29, 0.717) is 5.75 Å². The number of rotatable bonds is 6. The van der Waals surface area contributed by atoms with E-state index in [4.69, 9.17) is 4.74 Å². The molecular weight excluding hydrogens is 308 g/mol. The zero-order chi connectivity index (χ0) is 14.4. The van der Waals surface area contributed by atoms with Crippen molar-refractivity contribution in [3.8, 4) is 5.75 Å². The third kappa shape index (κ3) is 4.74. The molecule has 2 unspecified atom stereocenters. The maximum atomic E-state index is 12.0. The molecule has 0 aliphatic carbocycles. The van der Waals surface area contributed by atoms with Crippen LogP contribution >= 0.6 is 15.9 Å². The van der Waals surface area contributed by atoms with Crippen LogP contribution in [-0.2, 0) is 4.79 Å². The Kier molecular flexibility index (Phi) is 6.15. The molecule has 5 heteroatoms. The van der Waals surface area contributed by atoms with Crippen LogP contribution in [0, 0.1) is 0 Å². The van der Waals surface area contributed by atoms with E-state index >= 15 is 0 Å². The van der Waals surface area contributed by atoms with Crippen molar-refractivity contribution >= 4 is 27.5 Å². The summed E-state index contributed by atoms with van der Waals surface area (Å²) in [4.78, 5) is 12.0. The summed E-state index contributed by atoms with van der Waals surface area (Å²) in [6, 6.07) is 5.50. The molecule has 0 aliphatic heterocycles. The number of anilines is 1. The van der Waals surface area contributed by atoms with Gasteiger partial charge >= 0.3 is 0 Å². The highest BCUT2D eigenvalue weighted by molar-refractivity contribution is 9.10. The average Bonchev–Trinajstić information content (AvgIpc) is 2.38. The van der Waals surface area contributed by atoms with Gasteiger partial charge in [0.05, 0.1) is 12.8 Å². The molecule has 106 valence electrons. The van der Waals surface area contributed by atoms with E-state index < -0.39 is 0 Å². The Labute approximate surface area is 123 Å². The molecule has 2 N–H and O–H groups in total. The summed E-state index contributed by atoms with van der Waals surface area (Å²) >= 11 is 3.41. The predicted molar refractivity (Wildman–Crippen MR) is 81.7 cm³/mol. The Bertz CT molecular complexity index is 437. The first-order valence-corrected chi connectivity index (χ1v) is 7.17. The summed E-state index contributed by atoms with van der Waals surface area (Å²) in [5.74, 6) is 0.697. The van der Waals surface area contributed by atoms with Crippen LogP contribution in [0.25, 0.3) is 0 Å². The zero-order valence-electron chi connectivity index (χ0n) is 11.8. The summed E-state index contributed by atoms with van der Waals surface area (Å²) in [5.41, 5.74) is 0.795. The molecule has 0 aliphatic rings. The highest BCUT2D eigenvalue weighted by Gasteiger charge is 2.16. The topological polar surface area (TPSA) is 50.4 Å². The smallest absolute Gasteiger partial charge is 0.242 e. The van der Waals surface area contributed by atoms with E-state index in [1.165, 1.54) is 0 Å². The number of hydrogen-bond donors (Lipinski definition) is 2. The van der Waals surface area contributed by atoms with Crippen LogP contribution in [-0.4, -0.2) is 25.1 Å². The van der Waals surface area contributed by atoms with E-state index in [1.54, 1.807) is 7.11 Å². The number of hydrogen-bond acceptors (Lipinski definition) is 3. The molecule has 1 aromatic carbocycles. The number of carbonyl (C=O) groups excluding carboxylic acids is 1. The Balaban J connectivity index is 2.73. The molecule has 19 heavy (non-hydrogen) atoms. The number of amides is 1.